The molecule has 0 saturated heterocycles. The van der Waals surface area contributed by atoms with E-state index >= 15 is 0 Å². The number of rotatable bonds is 4. The number of fused-ring (bicyclic) bond motifs is 3. The minimum atomic E-state index is -0.628. The van der Waals surface area contributed by atoms with Gasteiger partial charge in [0.05, 0.1) is 16.7 Å². The predicted molar refractivity (Wildman–Crippen MR) is 138 cm³/mol. The van der Waals surface area contributed by atoms with Gasteiger partial charge in [0.2, 0.25) is 5.91 Å². The van der Waals surface area contributed by atoms with E-state index in [2.05, 4.69) is 47.2 Å². The van der Waals surface area contributed by atoms with Crippen molar-refractivity contribution in [2.75, 3.05) is 5.32 Å². The molecule has 2 saturated carbocycles. The molecule has 2 unspecified atom stereocenters. The number of anilines is 1. The average Bonchev–Trinajstić information content (AvgIpc) is 3.14. The number of hydrogen-bond acceptors (Lipinski definition) is 4. The number of carbonyl (C=O) groups is 2. The van der Waals surface area contributed by atoms with Crippen molar-refractivity contribution < 1.29 is 14.4 Å². The Labute approximate surface area is 207 Å². The van der Waals surface area contributed by atoms with Crippen molar-refractivity contribution in [1.29, 1.82) is 0 Å². The van der Waals surface area contributed by atoms with Gasteiger partial charge in [-0.1, -0.05) is 74.5 Å². The number of nitrogens with zero attached hydrogens (tertiary/aromatic N) is 1. The molecule has 5 nitrogen and oxygen atoms in total. The summed E-state index contributed by atoms with van der Waals surface area (Å²) in [6, 6.07) is 21.1. The molecule has 2 aliphatic carbocycles. The maximum absolute atomic E-state index is 13.9. The highest BCUT2D eigenvalue weighted by atomic mass is 79.9. The molecular formula is C28H27BrN2O3. The topological polar surface area (TPSA) is 67.8 Å². The summed E-state index contributed by atoms with van der Waals surface area (Å²) in [7, 11) is 0. The summed E-state index contributed by atoms with van der Waals surface area (Å²) in [5, 5.41) is 9.67. The van der Waals surface area contributed by atoms with Crippen LogP contribution in [0.2, 0.25) is 0 Å². The zero-order valence-electron chi connectivity index (χ0n) is 19.5. The zero-order chi connectivity index (χ0) is 24.1. The molecule has 0 aliphatic heterocycles. The number of carbonyl (C=O) groups excluding carboxylic acids is 2. The Hall–Kier alpha value is -2.99. The lowest BCUT2D eigenvalue weighted by atomic mass is 9.64. The molecular weight excluding hydrogens is 492 g/mol. The monoisotopic (exact) mass is 518 g/mol. The van der Waals surface area contributed by atoms with Gasteiger partial charge in [0.1, 0.15) is 0 Å². The fourth-order valence-electron chi connectivity index (χ4n) is 5.87. The predicted octanol–water partition coefficient (Wildman–Crippen LogP) is 6.97. The molecule has 0 aromatic heterocycles. The average molecular weight is 519 g/mol. The maximum Gasteiger partial charge on any atom is 0.366 e. The quantitative estimate of drug-likeness (QED) is 0.299. The van der Waals surface area contributed by atoms with Gasteiger partial charge < -0.3 is 10.2 Å². The first-order valence-electron chi connectivity index (χ1n) is 11.5. The van der Waals surface area contributed by atoms with Crippen LogP contribution in [0, 0.1) is 16.2 Å². The molecule has 34 heavy (non-hydrogen) atoms. The molecule has 2 atom stereocenters. The van der Waals surface area contributed by atoms with Crippen LogP contribution in [0.4, 0.5) is 5.69 Å². The largest absolute Gasteiger partial charge is 0.366 e. The van der Waals surface area contributed by atoms with Gasteiger partial charge in [-0.25, -0.2) is 4.79 Å². The van der Waals surface area contributed by atoms with Gasteiger partial charge in [0.25, 0.3) is 0 Å². The van der Waals surface area contributed by atoms with Crippen LogP contribution < -0.4 is 5.32 Å². The van der Waals surface area contributed by atoms with Crippen molar-refractivity contribution in [2.45, 2.75) is 40.0 Å². The first-order valence-corrected chi connectivity index (χ1v) is 12.3. The van der Waals surface area contributed by atoms with Crippen molar-refractivity contribution in [3.05, 3.63) is 76.8 Å². The van der Waals surface area contributed by atoms with E-state index in [1.165, 1.54) is 0 Å². The van der Waals surface area contributed by atoms with Crippen LogP contribution >= 0.6 is 15.9 Å². The van der Waals surface area contributed by atoms with Gasteiger partial charge in [-0.3, -0.25) is 4.79 Å². The Kier molecular flexibility index (Phi) is 5.40. The van der Waals surface area contributed by atoms with Crippen LogP contribution in [0.25, 0.3) is 10.8 Å². The Morgan fingerprint density at radius 2 is 1.65 bits per heavy atom. The highest BCUT2D eigenvalue weighted by molar-refractivity contribution is 9.10. The minimum absolute atomic E-state index is 0.0000848. The second-order valence-electron chi connectivity index (χ2n) is 10.1. The first kappa shape index (κ1) is 22.8. The fraction of sp³-hybridized carbons (Fsp3) is 0.321. The Bertz CT molecular complexity index is 1340. The summed E-state index contributed by atoms with van der Waals surface area (Å²) < 4.78 is 0.658. The Morgan fingerprint density at radius 3 is 2.44 bits per heavy atom. The molecule has 5 rings (SSSR count). The molecule has 0 radical (unpaired) electrons. The van der Waals surface area contributed by atoms with E-state index in [0.717, 1.165) is 35.0 Å². The van der Waals surface area contributed by atoms with Crippen molar-refractivity contribution in [3.63, 3.8) is 0 Å². The molecule has 1 N–H and O–H groups in total. The summed E-state index contributed by atoms with van der Waals surface area (Å²) in [4.78, 5) is 31.9. The molecule has 2 fully saturated rings. The van der Waals surface area contributed by atoms with E-state index in [1.807, 2.05) is 48.5 Å². The molecule has 3 aromatic rings. The van der Waals surface area contributed by atoms with E-state index in [9.17, 15) is 9.59 Å². The van der Waals surface area contributed by atoms with Crippen LogP contribution in [0.3, 0.4) is 0 Å². The van der Waals surface area contributed by atoms with Crippen LogP contribution in [0.15, 0.2) is 76.4 Å². The molecule has 0 heterocycles. The molecule has 174 valence electrons. The normalized spacial score (nSPS) is 26.1. The van der Waals surface area contributed by atoms with Crippen molar-refractivity contribution in [3.8, 4) is 0 Å². The van der Waals surface area contributed by atoms with Gasteiger partial charge in [-0.2, -0.15) is 0 Å². The second kappa shape index (κ2) is 8.05. The van der Waals surface area contributed by atoms with E-state index in [-0.39, 0.29) is 16.7 Å². The van der Waals surface area contributed by atoms with E-state index in [0.29, 0.717) is 16.5 Å². The van der Waals surface area contributed by atoms with Gasteiger partial charge >= 0.3 is 5.97 Å². The van der Waals surface area contributed by atoms with Crippen molar-refractivity contribution in [1.82, 2.24) is 0 Å². The summed E-state index contributed by atoms with van der Waals surface area (Å²) >= 11 is 3.39. The standard InChI is InChI=1S/C28H27BrN2O3/c1-26(2)27(3)15-16-28(26,17-23(27)31-34-24(32)20-12-6-7-13-21(20)29)25(33)30-22-14-8-10-18-9-4-5-11-19(18)22/h4-14H,15-17H2,1-3H3,(H,30,33)/b31-23+. The summed E-state index contributed by atoms with van der Waals surface area (Å²) in [6.07, 6.45) is 2.05. The second-order valence-corrected chi connectivity index (χ2v) is 10.9. The van der Waals surface area contributed by atoms with Crippen LogP contribution in [0.5, 0.6) is 0 Å². The van der Waals surface area contributed by atoms with E-state index in [4.69, 9.17) is 4.84 Å². The minimum Gasteiger partial charge on any atom is -0.325 e. The van der Waals surface area contributed by atoms with E-state index in [1.54, 1.807) is 18.2 Å². The zero-order valence-corrected chi connectivity index (χ0v) is 21.1. The molecule has 0 spiro atoms. The third-order valence-corrected chi connectivity index (χ3v) is 9.23. The lowest BCUT2D eigenvalue weighted by molar-refractivity contribution is -0.130. The number of oxime groups is 1. The van der Waals surface area contributed by atoms with Crippen LogP contribution in [-0.4, -0.2) is 17.6 Å². The Morgan fingerprint density at radius 1 is 0.941 bits per heavy atom. The van der Waals surface area contributed by atoms with Crippen molar-refractivity contribution >= 4 is 50.0 Å². The number of hydrogen-bond donors (Lipinski definition) is 1. The summed E-state index contributed by atoms with van der Waals surface area (Å²) in [5.41, 5.74) is 0.689. The van der Waals surface area contributed by atoms with Gasteiger partial charge in [-0.05, 0) is 57.8 Å². The number of amides is 1. The first-order chi connectivity index (χ1) is 16.2. The van der Waals surface area contributed by atoms with Crippen LogP contribution in [-0.2, 0) is 9.63 Å². The highest BCUT2D eigenvalue weighted by Gasteiger charge is 2.71. The lowest BCUT2D eigenvalue weighted by Crippen LogP contribution is -2.43. The van der Waals surface area contributed by atoms with Crippen LogP contribution in [0.1, 0.15) is 50.4 Å². The van der Waals surface area contributed by atoms with Gasteiger partial charge in [-0.15, -0.1) is 0 Å². The molecule has 3 aromatic carbocycles. The highest BCUT2D eigenvalue weighted by Crippen LogP contribution is 2.71. The smallest absolute Gasteiger partial charge is 0.325 e. The van der Waals surface area contributed by atoms with Crippen molar-refractivity contribution in [2.24, 2.45) is 21.4 Å². The van der Waals surface area contributed by atoms with Gasteiger partial charge in [0.15, 0.2) is 0 Å². The lowest BCUT2D eigenvalue weighted by Gasteiger charge is -2.39. The summed E-state index contributed by atoms with van der Waals surface area (Å²) in [5.74, 6) is -0.515. The SMILES string of the molecule is CC12CCC(C(=O)Nc3cccc4ccccc34)(C/C1=N\OC(=O)c1ccccc1Br)C2(C)C. The fourth-order valence-corrected chi connectivity index (χ4v) is 6.32. The number of benzene rings is 3. The third kappa shape index (κ3) is 3.22. The van der Waals surface area contributed by atoms with Gasteiger partial charge in [0, 0.05) is 27.4 Å². The number of nitrogens with one attached hydrogen (secondary N) is 1. The summed E-state index contributed by atoms with van der Waals surface area (Å²) in [6.45, 7) is 6.42. The maximum atomic E-state index is 13.9. The Balaban J connectivity index is 1.44. The molecule has 1 amide bonds. The molecule has 6 heteroatoms. The third-order valence-electron chi connectivity index (χ3n) is 8.54. The number of halogens is 1. The molecule has 2 bridgehead atoms. The van der Waals surface area contributed by atoms with E-state index < -0.39 is 11.4 Å². The molecule has 2 aliphatic rings.